The molecule has 1 aliphatic rings. The largest absolute Gasteiger partial charge is 0.366 e. The summed E-state index contributed by atoms with van der Waals surface area (Å²) in [5, 5.41) is 13.1. The van der Waals surface area contributed by atoms with Crippen molar-refractivity contribution in [3.8, 4) is 0 Å². The van der Waals surface area contributed by atoms with Crippen LogP contribution in [0.3, 0.4) is 0 Å². The van der Waals surface area contributed by atoms with E-state index in [2.05, 4.69) is 32.3 Å². The quantitative estimate of drug-likeness (QED) is 0.269. The van der Waals surface area contributed by atoms with Crippen molar-refractivity contribution < 1.29 is 10.0 Å². The van der Waals surface area contributed by atoms with Gasteiger partial charge in [0.05, 0.1) is 5.52 Å². The van der Waals surface area contributed by atoms with E-state index in [0.29, 0.717) is 6.04 Å². The average Bonchev–Trinajstić information content (AvgIpc) is 3.19. The van der Waals surface area contributed by atoms with E-state index in [-0.39, 0.29) is 37.2 Å². The topological polar surface area (TPSA) is 90.4 Å². The standard InChI is InChI=1S/C22H23N5O2.3ClH/c28-22(26-29)8-6-16-5-7-21(24-12-16)25-19-9-10-27(15-19)14-17-11-18-3-1-2-4-20(18)23-13-17;;;/h1-8,11-13,19,29H,9-10,14-15H2,(H,24,25)(H,26,28);3*1H/b8-6+;;;/t19-;;;/m1.../s1. The molecule has 172 valence electrons. The molecule has 7 nitrogen and oxygen atoms in total. The summed E-state index contributed by atoms with van der Waals surface area (Å²) in [7, 11) is 0. The Morgan fingerprint density at radius 2 is 1.94 bits per heavy atom. The van der Waals surface area contributed by atoms with E-state index in [1.807, 2.05) is 36.5 Å². The number of benzene rings is 1. The van der Waals surface area contributed by atoms with Crippen molar-refractivity contribution >= 4 is 65.9 Å². The molecule has 1 atom stereocenters. The highest BCUT2D eigenvalue weighted by molar-refractivity contribution is 5.90. The van der Waals surface area contributed by atoms with Crippen LogP contribution in [0.15, 0.2) is 60.9 Å². The summed E-state index contributed by atoms with van der Waals surface area (Å²) in [6, 6.07) is 14.5. The van der Waals surface area contributed by atoms with Crippen molar-refractivity contribution in [1.29, 1.82) is 0 Å². The zero-order valence-electron chi connectivity index (χ0n) is 17.2. The third-order valence-electron chi connectivity index (χ3n) is 5.00. The molecule has 1 aliphatic heterocycles. The van der Waals surface area contributed by atoms with Crippen LogP contribution in [0, 0.1) is 0 Å². The van der Waals surface area contributed by atoms with Crippen molar-refractivity contribution in [1.82, 2.24) is 20.3 Å². The predicted molar refractivity (Wildman–Crippen MR) is 134 cm³/mol. The van der Waals surface area contributed by atoms with Crippen LogP contribution in [0.25, 0.3) is 17.0 Å². The number of nitrogens with one attached hydrogen (secondary N) is 2. The Balaban J connectivity index is 0.00000171. The van der Waals surface area contributed by atoms with Gasteiger partial charge in [-0.05, 0) is 47.9 Å². The third-order valence-corrected chi connectivity index (χ3v) is 5.00. The summed E-state index contributed by atoms with van der Waals surface area (Å²) < 4.78 is 0. The number of hydrogen-bond acceptors (Lipinski definition) is 6. The van der Waals surface area contributed by atoms with E-state index < -0.39 is 5.91 Å². The van der Waals surface area contributed by atoms with Crippen LogP contribution in [0.5, 0.6) is 0 Å². The molecule has 1 saturated heterocycles. The van der Waals surface area contributed by atoms with Gasteiger partial charge >= 0.3 is 0 Å². The summed E-state index contributed by atoms with van der Waals surface area (Å²) in [6.07, 6.45) is 7.56. The first-order chi connectivity index (χ1) is 14.2. The van der Waals surface area contributed by atoms with Gasteiger partial charge in [0.25, 0.3) is 5.91 Å². The molecular formula is C22H26Cl3N5O2. The van der Waals surface area contributed by atoms with Crippen molar-refractivity contribution in [2.75, 3.05) is 18.4 Å². The van der Waals surface area contributed by atoms with Gasteiger partial charge in [-0.15, -0.1) is 37.2 Å². The molecule has 32 heavy (non-hydrogen) atoms. The lowest BCUT2D eigenvalue weighted by atomic mass is 10.1. The molecule has 1 aromatic carbocycles. The molecule has 1 amide bonds. The number of anilines is 1. The molecular weight excluding hydrogens is 473 g/mol. The first kappa shape index (κ1) is 27.6. The number of hydroxylamine groups is 1. The van der Waals surface area contributed by atoms with Crippen molar-refractivity contribution in [2.45, 2.75) is 19.0 Å². The second kappa shape index (κ2) is 13.2. The van der Waals surface area contributed by atoms with Gasteiger partial charge in [0, 0.05) is 49.5 Å². The van der Waals surface area contributed by atoms with E-state index in [9.17, 15) is 4.79 Å². The zero-order chi connectivity index (χ0) is 20.1. The highest BCUT2D eigenvalue weighted by Crippen LogP contribution is 2.19. The van der Waals surface area contributed by atoms with Gasteiger partial charge in [-0.3, -0.25) is 19.9 Å². The molecule has 1 fully saturated rings. The lowest BCUT2D eigenvalue weighted by Gasteiger charge is -2.17. The molecule has 3 aromatic rings. The fourth-order valence-electron chi connectivity index (χ4n) is 3.56. The number of carbonyl (C=O) groups excluding carboxylic acids is 1. The summed E-state index contributed by atoms with van der Waals surface area (Å²) in [5.41, 5.74) is 4.60. The molecule has 3 heterocycles. The number of likely N-dealkylation sites (tertiary alicyclic amines) is 1. The van der Waals surface area contributed by atoms with E-state index in [4.69, 9.17) is 5.21 Å². The molecule has 0 saturated carbocycles. The van der Waals surface area contributed by atoms with Crippen molar-refractivity contribution in [3.05, 3.63) is 72.1 Å². The normalized spacial score (nSPS) is 15.5. The van der Waals surface area contributed by atoms with E-state index in [0.717, 1.165) is 43.0 Å². The second-order valence-electron chi connectivity index (χ2n) is 7.19. The Kier molecular flexibility index (Phi) is 11.4. The Labute approximate surface area is 205 Å². The number of nitrogens with zero attached hydrogens (tertiary/aromatic N) is 3. The van der Waals surface area contributed by atoms with Crippen LogP contribution < -0.4 is 10.8 Å². The van der Waals surface area contributed by atoms with Gasteiger partial charge in [-0.1, -0.05) is 18.2 Å². The van der Waals surface area contributed by atoms with Gasteiger partial charge in [-0.2, -0.15) is 0 Å². The molecule has 0 unspecified atom stereocenters. The van der Waals surface area contributed by atoms with Crippen molar-refractivity contribution in [3.63, 3.8) is 0 Å². The highest BCUT2D eigenvalue weighted by atomic mass is 35.5. The maximum Gasteiger partial charge on any atom is 0.267 e. The lowest BCUT2D eigenvalue weighted by molar-refractivity contribution is -0.124. The van der Waals surface area contributed by atoms with Gasteiger partial charge in [-0.25, -0.2) is 10.5 Å². The number of para-hydroxylation sites is 1. The van der Waals surface area contributed by atoms with Crippen LogP contribution in [0.2, 0.25) is 0 Å². The number of amides is 1. The fourth-order valence-corrected chi connectivity index (χ4v) is 3.56. The van der Waals surface area contributed by atoms with Crippen molar-refractivity contribution in [2.24, 2.45) is 0 Å². The SMILES string of the molecule is Cl.Cl.Cl.O=C(/C=C/c1ccc(N[C@@H]2CCN(Cc3cnc4ccccc4c3)C2)nc1)NO. The highest BCUT2D eigenvalue weighted by Gasteiger charge is 2.22. The Bertz CT molecular complexity index is 1030. The summed E-state index contributed by atoms with van der Waals surface area (Å²) in [5.74, 6) is 0.243. The number of hydrogen-bond donors (Lipinski definition) is 3. The van der Waals surface area contributed by atoms with Gasteiger partial charge in [0.15, 0.2) is 0 Å². The van der Waals surface area contributed by atoms with Crippen LogP contribution >= 0.6 is 37.2 Å². The van der Waals surface area contributed by atoms with E-state index in [1.165, 1.54) is 17.0 Å². The van der Waals surface area contributed by atoms with E-state index in [1.54, 1.807) is 17.8 Å². The zero-order valence-corrected chi connectivity index (χ0v) is 19.6. The number of pyridine rings is 2. The maximum atomic E-state index is 11.0. The van der Waals surface area contributed by atoms with Crippen LogP contribution in [0.1, 0.15) is 17.5 Å². The fraction of sp³-hybridized carbons (Fsp3) is 0.227. The first-order valence-electron chi connectivity index (χ1n) is 9.60. The lowest BCUT2D eigenvalue weighted by Crippen LogP contribution is -2.26. The molecule has 0 aliphatic carbocycles. The number of aromatic nitrogens is 2. The number of rotatable bonds is 6. The summed E-state index contributed by atoms with van der Waals surface area (Å²) >= 11 is 0. The number of fused-ring (bicyclic) bond motifs is 1. The molecule has 0 radical (unpaired) electrons. The predicted octanol–water partition coefficient (Wildman–Crippen LogP) is 4.10. The summed E-state index contributed by atoms with van der Waals surface area (Å²) in [6.45, 7) is 2.87. The van der Waals surface area contributed by atoms with Crippen LogP contribution in [-0.2, 0) is 11.3 Å². The second-order valence-corrected chi connectivity index (χ2v) is 7.19. The minimum atomic E-state index is -0.570. The molecule has 10 heteroatoms. The number of halogens is 3. The summed E-state index contributed by atoms with van der Waals surface area (Å²) in [4.78, 5) is 22.4. The van der Waals surface area contributed by atoms with Gasteiger partial charge < -0.3 is 5.32 Å². The Morgan fingerprint density at radius 3 is 2.69 bits per heavy atom. The Morgan fingerprint density at radius 1 is 1.12 bits per heavy atom. The monoisotopic (exact) mass is 497 g/mol. The van der Waals surface area contributed by atoms with Crippen LogP contribution in [-0.4, -0.2) is 45.1 Å². The smallest absolute Gasteiger partial charge is 0.267 e. The third kappa shape index (κ3) is 7.32. The Hall–Kier alpha value is -2.42. The minimum absolute atomic E-state index is 0. The first-order valence-corrected chi connectivity index (χ1v) is 9.60. The molecule has 0 bridgehead atoms. The molecule has 4 rings (SSSR count). The van der Waals surface area contributed by atoms with Gasteiger partial charge in [0.1, 0.15) is 5.82 Å². The molecule has 2 aromatic heterocycles. The maximum absolute atomic E-state index is 11.0. The minimum Gasteiger partial charge on any atom is -0.366 e. The molecule has 3 N–H and O–H groups in total. The average molecular weight is 499 g/mol. The molecule has 0 spiro atoms. The van der Waals surface area contributed by atoms with Crippen LogP contribution in [0.4, 0.5) is 5.82 Å². The van der Waals surface area contributed by atoms with Gasteiger partial charge in [0.2, 0.25) is 0 Å². The van der Waals surface area contributed by atoms with E-state index >= 15 is 0 Å². The number of carbonyl (C=O) groups is 1.